The van der Waals surface area contributed by atoms with Crippen molar-refractivity contribution in [2.24, 2.45) is 0 Å². The number of nitrogens with zero attached hydrogens (tertiary/aromatic N) is 3. The van der Waals surface area contributed by atoms with Crippen molar-refractivity contribution in [3.8, 4) is 34.3 Å². The van der Waals surface area contributed by atoms with Crippen molar-refractivity contribution in [1.29, 1.82) is 0 Å². The van der Waals surface area contributed by atoms with Crippen LogP contribution in [0.1, 0.15) is 34.6 Å². The molecule has 1 atom stereocenters. The molecule has 0 fully saturated rings. The molecule has 38 heavy (non-hydrogen) atoms. The summed E-state index contributed by atoms with van der Waals surface area (Å²) >= 11 is 0. The topological polar surface area (TPSA) is 96.2 Å². The van der Waals surface area contributed by atoms with Crippen molar-refractivity contribution in [1.82, 2.24) is 19.9 Å². The predicted molar refractivity (Wildman–Crippen MR) is 132 cm³/mol. The van der Waals surface area contributed by atoms with Gasteiger partial charge in [0.15, 0.2) is 34.3 Å². The lowest BCUT2D eigenvalue weighted by atomic mass is 10.1. The Morgan fingerprint density at radius 3 is 2.11 bits per heavy atom. The Morgan fingerprint density at radius 1 is 0.895 bits per heavy atom. The molecule has 2 heterocycles. The van der Waals surface area contributed by atoms with Crippen molar-refractivity contribution in [2.75, 3.05) is 28.4 Å². The molecule has 4 rings (SSSR count). The Hall–Kier alpha value is -4.48. The zero-order chi connectivity index (χ0) is 27.6. The number of ether oxygens (including phenoxy) is 4. The van der Waals surface area contributed by atoms with Crippen LogP contribution in [0, 0.1) is 0 Å². The van der Waals surface area contributed by atoms with Crippen molar-refractivity contribution < 1.29 is 36.9 Å². The SMILES string of the molecule is COc1ccc(-c2cc(C(F)(F)F)n3ncc(C(=O)NC(C)c4ccc(OC)c(OC)c4)c3n2)cc1OC. The van der Waals surface area contributed by atoms with E-state index in [9.17, 15) is 18.0 Å². The number of fused-ring (bicyclic) bond motifs is 1. The number of hydrogen-bond donors (Lipinski definition) is 1. The molecule has 0 bridgehead atoms. The van der Waals surface area contributed by atoms with Gasteiger partial charge in [-0.2, -0.15) is 18.3 Å². The molecule has 0 radical (unpaired) electrons. The number of nitrogens with one attached hydrogen (secondary N) is 1. The summed E-state index contributed by atoms with van der Waals surface area (Å²) in [5, 5.41) is 6.61. The van der Waals surface area contributed by atoms with Gasteiger partial charge in [0.05, 0.1) is 46.4 Å². The summed E-state index contributed by atoms with van der Waals surface area (Å²) in [6, 6.07) is 10.1. The first-order chi connectivity index (χ1) is 18.1. The highest BCUT2D eigenvalue weighted by Crippen LogP contribution is 2.36. The lowest BCUT2D eigenvalue weighted by molar-refractivity contribution is -0.142. The summed E-state index contributed by atoms with van der Waals surface area (Å²) < 4.78 is 63.6. The highest BCUT2D eigenvalue weighted by Gasteiger charge is 2.36. The maximum atomic E-state index is 14.0. The van der Waals surface area contributed by atoms with Crippen molar-refractivity contribution in [3.05, 3.63) is 65.5 Å². The number of benzene rings is 2. The molecule has 0 saturated carbocycles. The van der Waals surface area contributed by atoms with Gasteiger partial charge in [0.1, 0.15) is 5.56 Å². The first-order valence-electron chi connectivity index (χ1n) is 11.3. The molecule has 2 aromatic carbocycles. The highest BCUT2D eigenvalue weighted by molar-refractivity contribution is 6.00. The molecule has 0 aliphatic rings. The number of hydrogen-bond acceptors (Lipinski definition) is 7. The van der Waals surface area contributed by atoms with Gasteiger partial charge in [-0.3, -0.25) is 4.79 Å². The number of rotatable bonds is 8. The largest absolute Gasteiger partial charge is 0.493 e. The lowest BCUT2D eigenvalue weighted by Gasteiger charge is -2.16. The molecular weight excluding hydrogens is 505 g/mol. The first kappa shape index (κ1) is 26.6. The number of halogens is 3. The van der Waals surface area contributed by atoms with Gasteiger partial charge < -0.3 is 24.3 Å². The van der Waals surface area contributed by atoms with E-state index >= 15 is 0 Å². The third-order valence-corrected chi connectivity index (χ3v) is 5.94. The zero-order valence-electron chi connectivity index (χ0n) is 21.2. The highest BCUT2D eigenvalue weighted by atomic mass is 19.4. The average molecular weight is 531 g/mol. The van der Waals surface area contributed by atoms with Gasteiger partial charge in [0.25, 0.3) is 5.91 Å². The minimum atomic E-state index is -4.76. The van der Waals surface area contributed by atoms with Gasteiger partial charge in [0.2, 0.25) is 0 Å². The van der Waals surface area contributed by atoms with E-state index in [0.29, 0.717) is 38.6 Å². The zero-order valence-corrected chi connectivity index (χ0v) is 21.2. The fraction of sp³-hybridized carbons (Fsp3) is 0.269. The number of carbonyl (C=O) groups excluding carboxylic acids is 1. The predicted octanol–water partition coefficient (Wildman–Crippen LogP) is 4.94. The number of methoxy groups -OCH3 is 4. The number of alkyl halides is 3. The van der Waals surface area contributed by atoms with Gasteiger partial charge in [0, 0.05) is 5.56 Å². The standard InChI is InChI=1S/C26H25F3N4O5/c1-14(15-6-8-19(35-2)21(10-15)37-4)31-25(34)17-13-30-33-23(26(27,28)29)12-18(32-24(17)33)16-7-9-20(36-3)22(11-16)38-5/h6-14H,1-5H3,(H,31,34). The van der Waals surface area contributed by atoms with Crippen LogP contribution in [0.3, 0.4) is 0 Å². The van der Waals surface area contributed by atoms with Gasteiger partial charge >= 0.3 is 6.18 Å². The maximum Gasteiger partial charge on any atom is 0.433 e. The minimum Gasteiger partial charge on any atom is -0.493 e. The van der Waals surface area contributed by atoms with Crippen LogP contribution in [-0.4, -0.2) is 48.9 Å². The van der Waals surface area contributed by atoms with Gasteiger partial charge in [-0.25, -0.2) is 9.50 Å². The molecule has 0 aliphatic heterocycles. The number of carbonyl (C=O) groups is 1. The quantitative estimate of drug-likeness (QED) is 0.345. The van der Waals surface area contributed by atoms with Crippen LogP contribution < -0.4 is 24.3 Å². The molecule has 9 nitrogen and oxygen atoms in total. The van der Waals surface area contributed by atoms with E-state index in [0.717, 1.165) is 12.3 Å². The van der Waals surface area contributed by atoms with Gasteiger partial charge in [-0.1, -0.05) is 6.07 Å². The summed E-state index contributed by atoms with van der Waals surface area (Å²) in [6.45, 7) is 1.73. The second-order valence-corrected chi connectivity index (χ2v) is 8.20. The smallest absolute Gasteiger partial charge is 0.433 e. The molecule has 4 aromatic rings. The van der Waals surface area contributed by atoms with Crippen LogP contribution in [-0.2, 0) is 6.18 Å². The molecule has 0 spiro atoms. The van der Waals surface area contributed by atoms with Crippen molar-refractivity contribution >= 4 is 11.6 Å². The summed E-state index contributed by atoms with van der Waals surface area (Å²) in [5.41, 5.74) is -0.441. The van der Waals surface area contributed by atoms with E-state index in [1.807, 2.05) is 0 Å². The molecule has 1 amide bonds. The fourth-order valence-corrected chi connectivity index (χ4v) is 3.95. The summed E-state index contributed by atoms with van der Waals surface area (Å²) in [7, 11) is 5.86. The Balaban J connectivity index is 1.75. The Bertz CT molecular complexity index is 1490. The molecule has 1 unspecified atom stereocenters. The summed E-state index contributed by atoms with van der Waals surface area (Å²) in [5.74, 6) is 1.06. The normalized spacial score (nSPS) is 12.2. The molecule has 0 saturated heterocycles. The molecule has 0 aliphatic carbocycles. The second kappa shape index (κ2) is 10.5. The number of amides is 1. The van der Waals surface area contributed by atoms with Crippen LogP contribution in [0.25, 0.3) is 16.9 Å². The third-order valence-electron chi connectivity index (χ3n) is 5.94. The van der Waals surface area contributed by atoms with E-state index in [1.165, 1.54) is 34.5 Å². The molecule has 12 heteroatoms. The molecule has 1 N–H and O–H groups in total. The van der Waals surface area contributed by atoms with E-state index in [2.05, 4.69) is 15.4 Å². The lowest BCUT2D eigenvalue weighted by Crippen LogP contribution is -2.27. The van der Waals surface area contributed by atoms with Crippen LogP contribution in [0.15, 0.2) is 48.7 Å². The molecule has 2 aromatic heterocycles. The monoisotopic (exact) mass is 530 g/mol. The van der Waals surface area contributed by atoms with E-state index in [-0.39, 0.29) is 16.9 Å². The minimum absolute atomic E-state index is 0.0201. The first-order valence-corrected chi connectivity index (χ1v) is 11.3. The maximum absolute atomic E-state index is 14.0. The van der Waals surface area contributed by atoms with Crippen LogP contribution >= 0.6 is 0 Å². The van der Waals surface area contributed by atoms with Crippen molar-refractivity contribution in [2.45, 2.75) is 19.1 Å². The summed E-state index contributed by atoms with van der Waals surface area (Å²) in [4.78, 5) is 17.6. The average Bonchev–Trinajstić information content (AvgIpc) is 3.35. The van der Waals surface area contributed by atoms with E-state index in [1.54, 1.807) is 37.3 Å². The van der Waals surface area contributed by atoms with Gasteiger partial charge in [-0.05, 0) is 48.9 Å². The van der Waals surface area contributed by atoms with Crippen molar-refractivity contribution in [3.63, 3.8) is 0 Å². The second-order valence-electron chi connectivity index (χ2n) is 8.20. The Morgan fingerprint density at radius 2 is 1.50 bits per heavy atom. The van der Waals surface area contributed by atoms with Crippen LogP contribution in [0.2, 0.25) is 0 Å². The van der Waals surface area contributed by atoms with Crippen LogP contribution in [0.4, 0.5) is 13.2 Å². The summed E-state index contributed by atoms with van der Waals surface area (Å²) in [6.07, 6.45) is -3.70. The number of aromatic nitrogens is 3. The van der Waals surface area contributed by atoms with Gasteiger partial charge in [-0.15, -0.1) is 0 Å². The fourth-order valence-electron chi connectivity index (χ4n) is 3.95. The molecular formula is C26H25F3N4O5. The van der Waals surface area contributed by atoms with E-state index in [4.69, 9.17) is 18.9 Å². The van der Waals surface area contributed by atoms with Crippen LogP contribution in [0.5, 0.6) is 23.0 Å². The molecule has 200 valence electrons. The Kier molecular flexibility index (Phi) is 7.33. The Labute approximate surface area is 216 Å². The van der Waals surface area contributed by atoms with E-state index < -0.39 is 23.8 Å². The third kappa shape index (κ3) is 5.01.